The van der Waals surface area contributed by atoms with E-state index in [2.05, 4.69) is 15.8 Å². The summed E-state index contributed by atoms with van der Waals surface area (Å²) in [6.07, 6.45) is 3.29. The molecular formula is C14H23N3O3. The maximum absolute atomic E-state index is 11.9. The molecule has 3 N–H and O–H groups in total. The lowest BCUT2D eigenvalue weighted by atomic mass is 9.80. The van der Waals surface area contributed by atoms with E-state index in [0.29, 0.717) is 6.54 Å². The maximum Gasteiger partial charge on any atom is 0.315 e. The summed E-state index contributed by atoms with van der Waals surface area (Å²) >= 11 is 0. The lowest BCUT2D eigenvalue weighted by Crippen LogP contribution is -2.50. The second-order valence-electron chi connectivity index (χ2n) is 5.60. The van der Waals surface area contributed by atoms with E-state index in [1.165, 1.54) is 0 Å². The lowest BCUT2D eigenvalue weighted by Gasteiger charge is -2.36. The average Bonchev–Trinajstić information content (AvgIpc) is 2.71. The van der Waals surface area contributed by atoms with Crippen LogP contribution < -0.4 is 10.6 Å². The zero-order chi connectivity index (χ0) is 14.8. The number of aromatic nitrogens is 1. The Morgan fingerprint density at radius 1 is 1.50 bits per heavy atom. The lowest BCUT2D eigenvalue weighted by molar-refractivity contribution is -0.0290. The summed E-state index contributed by atoms with van der Waals surface area (Å²) in [7, 11) is 0. The number of nitrogens with one attached hydrogen (secondary N) is 2. The Balaban J connectivity index is 1.91. The molecule has 1 atom stereocenters. The number of amides is 2. The van der Waals surface area contributed by atoms with Gasteiger partial charge in [-0.25, -0.2) is 4.79 Å². The number of carbonyl (C=O) groups is 1. The summed E-state index contributed by atoms with van der Waals surface area (Å²) in [4.78, 5) is 11.9. The molecule has 0 aromatic carbocycles. The third kappa shape index (κ3) is 3.12. The number of aryl methyl sites for hydroxylation is 2. The first-order chi connectivity index (χ1) is 9.45. The molecule has 1 aromatic rings. The van der Waals surface area contributed by atoms with Crippen molar-refractivity contribution in [1.82, 2.24) is 15.8 Å². The fourth-order valence-corrected chi connectivity index (χ4v) is 2.58. The van der Waals surface area contributed by atoms with E-state index in [1.54, 1.807) is 0 Å². The largest absolute Gasteiger partial charge is 0.388 e. The SMILES string of the molecule is CCC(NC(=O)NCC1(O)CCC1)c1c(C)noc1C. The number of aliphatic hydroxyl groups is 1. The van der Waals surface area contributed by atoms with E-state index >= 15 is 0 Å². The molecule has 1 aliphatic carbocycles. The Labute approximate surface area is 118 Å². The van der Waals surface area contributed by atoms with Crippen LogP contribution in [0.4, 0.5) is 4.79 Å². The summed E-state index contributed by atoms with van der Waals surface area (Å²) < 4.78 is 5.14. The minimum atomic E-state index is -0.706. The number of hydrogen-bond acceptors (Lipinski definition) is 4. The van der Waals surface area contributed by atoms with Crippen molar-refractivity contribution in [3.8, 4) is 0 Å². The third-order valence-corrected chi connectivity index (χ3v) is 4.01. The van der Waals surface area contributed by atoms with Gasteiger partial charge in [0.2, 0.25) is 0 Å². The number of rotatable bonds is 5. The van der Waals surface area contributed by atoms with E-state index < -0.39 is 5.60 Å². The van der Waals surface area contributed by atoms with Crippen molar-refractivity contribution < 1.29 is 14.4 Å². The van der Waals surface area contributed by atoms with Crippen LogP contribution in [0, 0.1) is 13.8 Å². The molecule has 0 saturated heterocycles. The first kappa shape index (κ1) is 14.8. The molecule has 0 aliphatic heterocycles. The molecule has 20 heavy (non-hydrogen) atoms. The molecule has 0 bridgehead atoms. The quantitative estimate of drug-likeness (QED) is 0.770. The monoisotopic (exact) mass is 281 g/mol. The summed E-state index contributed by atoms with van der Waals surface area (Å²) in [5.74, 6) is 0.729. The molecule has 2 rings (SSSR count). The molecule has 1 saturated carbocycles. The summed E-state index contributed by atoms with van der Waals surface area (Å²) in [6, 6.07) is -0.394. The topological polar surface area (TPSA) is 87.4 Å². The summed E-state index contributed by atoms with van der Waals surface area (Å²) in [5, 5.41) is 19.5. The minimum Gasteiger partial charge on any atom is -0.388 e. The standard InChI is InChI=1S/C14H23N3O3/c1-4-11(12-9(2)17-20-10(12)3)16-13(18)15-8-14(19)6-5-7-14/h11,19H,4-8H2,1-3H3,(H2,15,16,18). The smallest absolute Gasteiger partial charge is 0.315 e. The molecular weight excluding hydrogens is 258 g/mol. The van der Waals surface area contributed by atoms with E-state index in [9.17, 15) is 9.90 Å². The fraction of sp³-hybridized carbons (Fsp3) is 0.714. The molecule has 112 valence electrons. The molecule has 2 amide bonds. The number of nitrogens with zero attached hydrogens (tertiary/aromatic N) is 1. The van der Waals surface area contributed by atoms with Crippen LogP contribution in [-0.4, -0.2) is 28.4 Å². The van der Waals surface area contributed by atoms with Crippen LogP contribution in [0.1, 0.15) is 55.7 Å². The van der Waals surface area contributed by atoms with Gasteiger partial charge in [-0.3, -0.25) is 0 Å². The highest BCUT2D eigenvalue weighted by molar-refractivity contribution is 5.74. The third-order valence-electron chi connectivity index (χ3n) is 4.01. The Morgan fingerprint density at radius 3 is 2.65 bits per heavy atom. The average molecular weight is 281 g/mol. The minimum absolute atomic E-state index is 0.128. The van der Waals surface area contributed by atoms with Crippen LogP contribution in [-0.2, 0) is 0 Å². The highest BCUT2D eigenvalue weighted by Crippen LogP contribution is 2.30. The molecule has 1 unspecified atom stereocenters. The van der Waals surface area contributed by atoms with Crippen LogP contribution in [0.5, 0.6) is 0 Å². The molecule has 6 heteroatoms. The van der Waals surface area contributed by atoms with Crippen LogP contribution in [0.2, 0.25) is 0 Å². The molecule has 1 aromatic heterocycles. The van der Waals surface area contributed by atoms with Gasteiger partial charge in [-0.15, -0.1) is 0 Å². The van der Waals surface area contributed by atoms with Gasteiger partial charge in [0.15, 0.2) is 0 Å². The zero-order valence-corrected chi connectivity index (χ0v) is 12.3. The molecule has 1 aliphatic rings. The highest BCUT2D eigenvalue weighted by atomic mass is 16.5. The van der Waals surface area contributed by atoms with Crippen molar-refractivity contribution in [1.29, 1.82) is 0 Å². The van der Waals surface area contributed by atoms with Crippen LogP contribution in [0.3, 0.4) is 0 Å². The maximum atomic E-state index is 11.9. The Morgan fingerprint density at radius 2 is 2.20 bits per heavy atom. The van der Waals surface area contributed by atoms with Gasteiger partial charge in [0.1, 0.15) is 5.76 Å². The van der Waals surface area contributed by atoms with Gasteiger partial charge >= 0.3 is 6.03 Å². The van der Waals surface area contributed by atoms with Crippen molar-refractivity contribution in [2.75, 3.05) is 6.54 Å². The molecule has 1 heterocycles. The van der Waals surface area contributed by atoms with Gasteiger partial charge in [-0.05, 0) is 39.5 Å². The Kier molecular flexibility index (Phi) is 4.32. The predicted molar refractivity (Wildman–Crippen MR) is 74.3 cm³/mol. The van der Waals surface area contributed by atoms with Crippen molar-refractivity contribution in [2.45, 2.75) is 58.1 Å². The first-order valence-corrected chi connectivity index (χ1v) is 7.14. The van der Waals surface area contributed by atoms with Crippen molar-refractivity contribution in [3.63, 3.8) is 0 Å². The second kappa shape index (κ2) is 5.83. The molecule has 1 fully saturated rings. The van der Waals surface area contributed by atoms with Gasteiger partial charge in [-0.2, -0.15) is 0 Å². The van der Waals surface area contributed by atoms with Crippen LogP contribution in [0.15, 0.2) is 4.52 Å². The molecule has 6 nitrogen and oxygen atoms in total. The van der Waals surface area contributed by atoms with Gasteiger partial charge in [-0.1, -0.05) is 12.1 Å². The Hall–Kier alpha value is -1.56. The van der Waals surface area contributed by atoms with E-state index in [1.807, 2.05) is 20.8 Å². The number of urea groups is 1. The van der Waals surface area contributed by atoms with Gasteiger partial charge < -0.3 is 20.3 Å². The summed E-state index contributed by atoms with van der Waals surface area (Å²) in [5.41, 5.74) is 1.03. The summed E-state index contributed by atoms with van der Waals surface area (Å²) in [6.45, 7) is 6.01. The van der Waals surface area contributed by atoms with Gasteiger partial charge in [0.05, 0.1) is 17.3 Å². The predicted octanol–water partition coefficient (Wildman–Crippen LogP) is 1.96. The first-order valence-electron chi connectivity index (χ1n) is 7.14. The van der Waals surface area contributed by atoms with E-state index in [4.69, 9.17) is 4.52 Å². The zero-order valence-electron chi connectivity index (χ0n) is 12.3. The van der Waals surface area contributed by atoms with Crippen molar-refractivity contribution in [2.24, 2.45) is 0 Å². The number of hydrogen-bond donors (Lipinski definition) is 3. The molecule has 0 radical (unpaired) electrons. The van der Waals surface area contributed by atoms with E-state index in [0.717, 1.165) is 42.7 Å². The van der Waals surface area contributed by atoms with Crippen molar-refractivity contribution >= 4 is 6.03 Å². The number of carbonyl (C=O) groups excluding carboxylic acids is 1. The van der Waals surface area contributed by atoms with E-state index in [-0.39, 0.29) is 12.1 Å². The second-order valence-corrected chi connectivity index (χ2v) is 5.60. The molecule has 0 spiro atoms. The Bertz CT molecular complexity index is 461. The van der Waals surface area contributed by atoms with Crippen LogP contribution in [0.25, 0.3) is 0 Å². The highest BCUT2D eigenvalue weighted by Gasteiger charge is 2.34. The normalized spacial score (nSPS) is 18.2. The van der Waals surface area contributed by atoms with Gasteiger partial charge in [0.25, 0.3) is 0 Å². The van der Waals surface area contributed by atoms with Gasteiger partial charge in [0, 0.05) is 12.1 Å². The fourth-order valence-electron chi connectivity index (χ4n) is 2.58. The van der Waals surface area contributed by atoms with Crippen molar-refractivity contribution in [3.05, 3.63) is 17.0 Å². The van der Waals surface area contributed by atoms with Crippen LogP contribution >= 0.6 is 0 Å².